The minimum Gasteiger partial charge on any atom is -0.418 e. The summed E-state index contributed by atoms with van der Waals surface area (Å²) in [5, 5.41) is 0. The zero-order chi connectivity index (χ0) is 22.3. The van der Waals surface area contributed by atoms with E-state index in [-0.39, 0.29) is 5.73 Å². The van der Waals surface area contributed by atoms with Crippen molar-refractivity contribution in [3.63, 3.8) is 0 Å². The van der Waals surface area contributed by atoms with Crippen molar-refractivity contribution in [3.05, 3.63) is 0 Å². The van der Waals surface area contributed by atoms with Gasteiger partial charge in [0.25, 0.3) is 0 Å². The third-order valence-corrected chi connectivity index (χ3v) is 24.2. The Labute approximate surface area is 188 Å². The molecule has 2 saturated heterocycles. The van der Waals surface area contributed by atoms with Crippen LogP contribution in [-0.2, 0) is 39.2 Å². The Balaban J connectivity index is 2.01. The minimum atomic E-state index is -2.64. The van der Waals surface area contributed by atoms with E-state index in [9.17, 15) is 0 Å². The van der Waals surface area contributed by atoms with Crippen molar-refractivity contribution in [2.24, 2.45) is 0 Å². The van der Waals surface area contributed by atoms with E-state index in [1.54, 1.807) is 21.3 Å². The van der Waals surface area contributed by atoms with E-state index in [4.69, 9.17) is 39.2 Å². The first-order chi connectivity index (χ1) is 14.2. The molecule has 2 aliphatic heterocycles. The van der Waals surface area contributed by atoms with Crippen molar-refractivity contribution >= 4 is 44.5 Å². The topological polar surface area (TPSA) is 83.1 Å². The van der Waals surface area contributed by atoms with E-state index in [0.29, 0.717) is 13.2 Å². The Morgan fingerprint density at radius 2 is 1.47 bits per heavy atom. The lowest BCUT2D eigenvalue weighted by atomic mass is 10.3. The fourth-order valence-corrected chi connectivity index (χ4v) is 23.5. The largest absolute Gasteiger partial charge is 0.500 e. The summed E-state index contributed by atoms with van der Waals surface area (Å²) in [6, 6.07) is 1.54. The van der Waals surface area contributed by atoms with E-state index in [1.165, 1.54) is 0 Å². The lowest BCUT2D eigenvalue weighted by Gasteiger charge is -2.44. The maximum absolute atomic E-state index is 6.54. The molecule has 0 radical (unpaired) electrons. The summed E-state index contributed by atoms with van der Waals surface area (Å²) in [6.07, 6.45) is 2.87. The normalized spacial score (nSPS) is 37.1. The van der Waals surface area contributed by atoms with Crippen LogP contribution in [0.15, 0.2) is 0 Å². The highest BCUT2D eigenvalue weighted by molar-refractivity contribution is 6.85. The lowest BCUT2D eigenvalue weighted by Crippen LogP contribution is -2.64. The predicted octanol–water partition coefficient (Wildman–Crippen LogP) is 1.91. The molecule has 0 aromatic carbocycles. The highest BCUT2D eigenvalue weighted by Gasteiger charge is 2.50. The lowest BCUT2D eigenvalue weighted by molar-refractivity contribution is -0.0183. The van der Waals surface area contributed by atoms with Crippen LogP contribution in [-0.4, -0.2) is 91.4 Å². The average Bonchev–Trinajstić information content (AvgIpc) is 2.63. The van der Waals surface area contributed by atoms with Crippen LogP contribution in [0, 0.1) is 0 Å². The van der Waals surface area contributed by atoms with Gasteiger partial charge in [-0.3, -0.25) is 0 Å². The van der Waals surface area contributed by atoms with E-state index in [0.717, 1.165) is 38.0 Å². The molecule has 0 N–H and O–H groups in total. The Morgan fingerprint density at radius 3 is 2.03 bits per heavy atom. The van der Waals surface area contributed by atoms with Gasteiger partial charge in [-0.05, 0) is 51.5 Å². The van der Waals surface area contributed by atoms with Crippen molar-refractivity contribution in [2.45, 2.75) is 63.3 Å². The number of rotatable bonds is 8. The molecule has 2 aliphatic rings. The first-order valence-electron chi connectivity index (χ1n) is 10.8. The molecule has 0 amide bonds. The van der Waals surface area contributed by atoms with Crippen LogP contribution in [0.1, 0.15) is 19.3 Å². The predicted molar refractivity (Wildman–Crippen MR) is 124 cm³/mol. The third-order valence-electron chi connectivity index (χ3n) is 5.53. The summed E-state index contributed by atoms with van der Waals surface area (Å²) in [7, 11) is -6.70. The van der Waals surface area contributed by atoms with Gasteiger partial charge < -0.3 is 39.2 Å². The van der Waals surface area contributed by atoms with Crippen LogP contribution in [0.5, 0.6) is 0 Å². The second-order valence-corrected chi connectivity index (χ2v) is 22.6. The first kappa shape index (κ1) is 27.0. The number of ether oxygens (including phenoxy) is 2. The molecule has 0 aliphatic carbocycles. The Bertz CT molecular complexity index is 483. The second-order valence-electron chi connectivity index (χ2n) is 8.05. The van der Waals surface area contributed by atoms with Gasteiger partial charge in [-0.2, -0.15) is 0 Å². The third kappa shape index (κ3) is 7.65. The molecule has 2 heterocycles. The van der Waals surface area contributed by atoms with Crippen molar-refractivity contribution in [1.29, 1.82) is 0 Å². The molecule has 0 saturated carbocycles. The summed E-state index contributed by atoms with van der Waals surface area (Å²) in [5.41, 5.74) is -0.155. The fourth-order valence-electron chi connectivity index (χ4n) is 3.99. The van der Waals surface area contributed by atoms with Crippen molar-refractivity contribution in [3.8, 4) is 0 Å². The van der Waals surface area contributed by atoms with Gasteiger partial charge in [-0.1, -0.05) is 0 Å². The molecular formula is C16H40O9Si5. The van der Waals surface area contributed by atoms with Gasteiger partial charge in [-0.25, -0.2) is 0 Å². The maximum atomic E-state index is 6.54. The summed E-state index contributed by atoms with van der Waals surface area (Å²) in [6.45, 7) is 10.3. The molecular weight excluding hydrogens is 477 g/mol. The molecule has 0 aromatic heterocycles. The highest BCUT2D eigenvalue weighted by atomic mass is 28.5. The average molecular weight is 517 g/mol. The molecule has 0 spiro atoms. The zero-order valence-electron chi connectivity index (χ0n) is 19.6. The van der Waals surface area contributed by atoms with Crippen LogP contribution in [0.25, 0.3) is 0 Å². The van der Waals surface area contributed by atoms with Crippen molar-refractivity contribution < 1.29 is 39.2 Å². The monoisotopic (exact) mass is 516 g/mol. The van der Waals surface area contributed by atoms with Gasteiger partial charge >= 0.3 is 44.5 Å². The van der Waals surface area contributed by atoms with Crippen LogP contribution in [0.2, 0.25) is 38.3 Å². The highest BCUT2D eigenvalue weighted by Crippen LogP contribution is 2.29. The first-order valence-corrected chi connectivity index (χ1v) is 21.8. The molecule has 0 aromatic rings. The van der Waals surface area contributed by atoms with E-state index >= 15 is 0 Å². The van der Waals surface area contributed by atoms with E-state index in [2.05, 4.69) is 26.2 Å². The van der Waals surface area contributed by atoms with E-state index in [1.807, 2.05) is 0 Å². The van der Waals surface area contributed by atoms with Crippen LogP contribution >= 0.6 is 0 Å². The standard InChI is InChI=1S/C16H40O9Si5/c1-17-30(18-2,19-3)14-10-13-28(6)22-26(4)24-29(7,25-27(5)23-28)16-15-20-11-8-9-12-21-16/h16,26-27H,8-15H2,1-7H3. The number of hydrogen-bond donors (Lipinski definition) is 0. The fraction of sp³-hybridized carbons (Fsp3) is 1.00. The second kappa shape index (κ2) is 12.3. The van der Waals surface area contributed by atoms with Gasteiger partial charge in [0.15, 0.2) is 0 Å². The van der Waals surface area contributed by atoms with Gasteiger partial charge in [0, 0.05) is 40.6 Å². The molecule has 3 unspecified atom stereocenters. The SMILES string of the molecule is CO[Si](CCC[Si]1(C)O[SiH](C)O[Si](C)(C2COCCCCO2)O[SiH](C)O1)(OC)OC. The van der Waals surface area contributed by atoms with Crippen molar-refractivity contribution in [1.82, 2.24) is 0 Å². The van der Waals surface area contributed by atoms with Crippen LogP contribution in [0.3, 0.4) is 0 Å². The molecule has 14 heteroatoms. The Hall–Kier alpha value is 0.724. The molecule has 0 bridgehead atoms. The minimum absolute atomic E-state index is 0.155. The van der Waals surface area contributed by atoms with Crippen molar-refractivity contribution in [2.75, 3.05) is 41.2 Å². The van der Waals surface area contributed by atoms with Gasteiger partial charge in [-0.15, -0.1) is 0 Å². The molecule has 9 nitrogen and oxygen atoms in total. The molecule has 30 heavy (non-hydrogen) atoms. The quantitative estimate of drug-likeness (QED) is 0.449. The molecule has 3 atom stereocenters. The zero-order valence-corrected chi connectivity index (χ0v) is 24.9. The van der Waals surface area contributed by atoms with Gasteiger partial charge in [0.05, 0.1) is 6.61 Å². The van der Waals surface area contributed by atoms with E-state index < -0.39 is 44.5 Å². The maximum Gasteiger partial charge on any atom is 0.500 e. The molecule has 2 rings (SSSR count). The summed E-state index contributed by atoms with van der Waals surface area (Å²) >= 11 is 0. The Kier molecular flexibility index (Phi) is 11.0. The summed E-state index contributed by atoms with van der Waals surface area (Å²) in [5.74, 6) is 0. The molecule has 178 valence electrons. The van der Waals surface area contributed by atoms with Crippen LogP contribution < -0.4 is 0 Å². The van der Waals surface area contributed by atoms with Crippen LogP contribution in [0.4, 0.5) is 0 Å². The molecule has 2 fully saturated rings. The summed E-state index contributed by atoms with van der Waals surface area (Å²) < 4.78 is 54.6. The summed E-state index contributed by atoms with van der Waals surface area (Å²) in [4.78, 5) is 0. The van der Waals surface area contributed by atoms with Gasteiger partial charge in [0.1, 0.15) is 5.73 Å². The van der Waals surface area contributed by atoms with Gasteiger partial charge in [0.2, 0.25) is 0 Å². The number of hydrogen-bond acceptors (Lipinski definition) is 9. The Morgan fingerprint density at radius 1 is 0.900 bits per heavy atom. The smallest absolute Gasteiger partial charge is 0.418 e.